The molecule has 0 bridgehead atoms. The van der Waals surface area contributed by atoms with Crippen LogP contribution >= 0.6 is 0 Å². The van der Waals surface area contributed by atoms with Crippen LogP contribution in [0.25, 0.3) is 0 Å². The molecule has 1 aliphatic rings. The largest absolute Gasteiger partial charge is 0.480 e. The van der Waals surface area contributed by atoms with Crippen LogP contribution < -0.4 is 0 Å². The van der Waals surface area contributed by atoms with Crippen LogP contribution in [0.15, 0.2) is 0 Å². The molecule has 0 radical (unpaired) electrons. The van der Waals surface area contributed by atoms with Gasteiger partial charge in [0.05, 0.1) is 6.61 Å². The molecule has 0 aromatic heterocycles. The molecular weight excluding hydrogens is 232 g/mol. The number of carboxylic acid groups (broad SMARTS) is 1. The van der Waals surface area contributed by atoms with Crippen LogP contribution in [0.5, 0.6) is 0 Å². The molecule has 5 nitrogen and oxygen atoms in total. The molecule has 1 saturated heterocycles. The zero-order chi connectivity index (χ0) is 13.5. The Kier molecular flexibility index (Phi) is 6.60. The Morgan fingerprint density at radius 2 is 2.17 bits per heavy atom. The van der Waals surface area contributed by atoms with Gasteiger partial charge in [-0.15, -0.1) is 0 Å². The van der Waals surface area contributed by atoms with Gasteiger partial charge in [0, 0.05) is 39.3 Å². The fraction of sp³-hybridized carbons (Fsp3) is 0.923. The number of carbonyl (C=O) groups is 1. The molecule has 0 spiro atoms. The van der Waals surface area contributed by atoms with Crippen molar-refractivity contribution in [3.63, 3.8) is 0 Å². The first-order chi connectivity index (χ1) is 8.63. The van der Waals surface area contributed by atoms with Gasteiger partial charge in [-0.1, -0.05) is 13.8 Å². The fourth-order valence-corrected chi connectivity index (χ4v) is 2.68. The third-order valence-electron chi connectivity index (χ3n) is 3.80. The molecule has 0 aromatic carbocycles. The van der Waals surface area contributed by atoms with E-state index in [4.69, 9.17) is 4.74 Å². The van der Waals surface area contributed by atoms with Gasteiger partial charge >= 0.3 is 5.97 Å². The van der Waals surface area contributed by atoms with E-state index in [1.165, 1.54) is 0 Å². The van der Waals surface area contributed by atoms with Gasteiger partial charge in [-0.05, 0) is 12.8 Å². The zero-order valence-corrected chi connectivity index (χ0v) is 11.8. The second-order valence-corrected chi connectivity index (χ2v) is 4.85. The number of hydrogen-bond acceptors (Lipinski definition) is 4. The summed E-state index contributed by atoms with van der Waals surface area (Å²) < 4.78 is 5.12. The van der Waals surface area contributed by atoms with Crippen molar-refractivity contribution in [3.8, 4) is 0 Å². The Balaban J connectivity index is 2.56. The smallest absolute Gasteiger partial charge is 0.320 e. The molecule has 5 heteroatoms. The molecule has 0 amide bonds. The Labute approximate surface area is 110 Å². The first-order valence-electron chi connectivity index (χ1n) is 6.83. The Morgan fingerprint density at radius 1 is 1.44 bits per heavy atom. The van der Waals surface area contributed by atoms with E-state index in [1.54, 1.807) is 7.11 Å². The highest BCUT2D eigenvalue weighted by atomic mass is 16.5. The number of hydrogen-bond donors (Lipinski definition) is 1. The third kappa shape index (κ3) is 3.93. The van der Waals surface area contributed by atoms with E-state index in [-0.39, 0.29) is 6.04 Å². The molecule has 106 valence electrons. The maximum atomic E-state index is 11.2. The summed E-state index contributed by atoms with van der Waals surface area (Å²) in [6.07, 6.45) is 1.72. The van der Waals surface area contributed by atoms with Crippen molar-refractivity contribution in [2.75, 3.05) is 39.9 Å². The summed E-state index contributed by atoms with van der Waals surface area (Å²) in [5, 5.41) is 9.22. The second-order valence-electron chi connectivity index (χ2n) is 4.85. The quantitative estimate of drug-likeness (QED) is 0.735. The molecule has 1 N–H and O–H groups in total. The van der Waals surface area contributed by atoms with Gasteiger partial charge in [0.1, 0.15) is 6.04 Å². The van der Waals surface area contributed by atoms with Crippen molar-refractivity contribution in [3.05, 3.63) is 0 Å². The summed E-state index contributed by atoms with van der Waals surface area (Å²) in [4.78, 5) is 15.7. The van der Waals surface area contributed by atoms with Crippen LogP contribution in [0.4, 0.5) is 0 Å². The zero-order valence-electron chi connectivity index (χ0n) is 11.8. The topological polar surface area (TPSA) is 53.0 Å². The van der Waals surface area contributed by atoms with Crippen LogP contribution in [0.1, 0.15) is 26.7 Å². The van der Waals surface area contributed by atoms with Gasteiger partial charge in [0.15, 0.2) is 0 Å². The summed E-state index contributed by atoms with van der Waals surface area (Å²) in [6, 6.07) is 0.117. The van der Waals surface area contributed by atoms with E-state index in [9.17, 15) is 9.90 Å². The van der Waals surface area contributed by atoms with E-state index in [2.05, 4.69) is 16.7 Å². The summed E-state index contributed by atoms with van der Waals surface area (Å²) in [6.45, 7) is 8.41. The van der Waals surface area contributed by atoms with Crippen LogP contribution in [0.2, 0.25) is 0 Å². The van der Waals surface area contributed by atoms with E-state index >= 15 is 0 Å². The van der Waals surface area contributed by atoms with Crippen molar-refractivity contribution < 1.29 is 14.6 Å². The summed E-state index contributed by atoms with van der Waals surface area (Å²) >= 11 is 0. The molecule has 0 saturated carbocycles. The van der Waals surface area contributed by atoms with Crippen molar-refractivity contribution in [1.29, 1.82) is 0 Å². The first kappa shape index (κ1) is 15.4. The molecule has 0 unspecified atom stereocenters. The third-order valence-corrected chi connectivity index (χ3v) is 3.80. The highest BCUT2D eigenvalue weighted by molar-refractivity contribution is 5.73. The lowest BCUT2D eigenvalue weighted by atomic mass is 10.1. The average molecular weight is 258 g/mol. The standard InChI is InChI=1S/C13H26N2O3/c1-4-11-10-15(12(5-2)13(16)17)7-6-14(11)8-9-18-3/h11-12H,4-10H2,1-3H3,(H,16,17)/t11-,12+/m1/s1. The van der Waals surface area contributed by atoms with Crippen molar-refractivity contribution in [2.24, 2.45) is 0 Å². The Hall–Kier alpha value is -0.650. The van der Waals surface area contributed by atoms with Gasteiger partial charge in [0.2, 0.25) is 0 Å². The minimum absolute atomic E-state index is 0.330. The molecule has 2 atom stereocenters. The average Bonchev–Trinajstić information content (AvgIpc) is 2.37. The van der Waals surface area contributed by atoms with Gasteiger partial charge < -0.3 is 9.84 Å². The molecule has 1 aliphatic heterocycles. The van der Waals surface area contributed by atoms with Gasteiger partial charge in [-0.2, -0.15) is 0 Å². The van der Waals surface area contributed by atoms with Crippen LogP contribution in [-0.4, -0.2) is 72.9 Å². The molecular formula is C13H26N2O3. The van der Waals surface area contributed by atoms with E-state index in [0.717, 1.165) is 39.2 Å². The fourth-order valence-electron chi connectivity index (χ4n) is 2.68. The highest BCUT2D eigenvalue weighted by Gasteiger charge is 2.31. The first-order valence-corrected chi connectivity index (χ1v) is 6.83. The molecule has 18 heavy (non-hydrogen) atoms. The lowest BCUT2D eigenvalue weighted by molar-refractivity contribution is -0.144. The minimum Gasteiger partial charge on any atom is -0.480 e. The molecule has 1 heterocycles. The van der Waals surface area contributed by atoms with Crippen LogP contribution in [-0.2, 0) is 9.53 Å². The van der Waals surface area contributed by atoms with E-state index in [0.29, 0.717) is 12.5 Å². The lowest BCUT2D eigenvalue weighted by Gasteiger charge is -2.43. The molecule has 1 rings (SSSR count). The maximum Gasteiger partial charge on any atom is 0.320 e. The summed E-state index contributed by atoms with van der Waals surface area (Å²) in [5.74, 6) is -0.697. The van der Waals surface area contributed by atoms with Crippen molar-refractivity contribution in [1.82, 2.24) is 9.80 Å². The van der Waals surface area contributed by atoms with E-state index in [1.807, 2.05) is 6.92 Å². The Bertz CT molecular complexity index is 261. The van der Waals surface area contributed by atoms with E-state index < -0.39 is 5.97 Å². The van der Waals surface area contributed by atoms with Crippen LogP contribution in [0, 0.1) is 0 Å². The molecule has 0 aromatic rings. The molecule has 1 fully saturated rings. The SMILES string of the molecule is CC[C@@H]1CN([C@@H](CC)C(=O)O)CCN1CCOC. The number of ether oxygens (including phenoxy) is 1. The summed E-state index contributed by atoms with van der Waals surface area (Å²) in [5.41, 5.74) is 0. The van der Waals surface area contributed by atoms with Crippen molar-refractivity contribution in [2.45, 2.75) is 38.8 Å². The number of methoxy groups -OCH3 is 1. The van der Waals surface area contributed by atoms with Gasteiger partial charge in [-0.25, -0.2) is 0 Å². The predicted octanol–water partition coefficient (Wildman–Crippen LogP) is 0.892. The number of piperazine rings is 1. The maximum absolute atomic E-state index is 11.2. The number of nitrogens with zero attached hydrogens (tertiary/aromatic N) is 2. The van der Waals surface area contributed by atoms with Gasteiger partial charge in [0.25, 0.3) is 0 Å². The Morgan fingerprint density at radius 3 is 2.67 bits per heavy atom. The number of aliphatic carboxylic acids is 1. The highest BCUT2D eigenvalue weighted by Crippen LogP contribution is 2.16. The van der Waals surface area contributed by atoms with Crippen molar-refractivity contribution >= 4 is 5.97 Å². The predicted molar refractivity (Wildman–Crippen MR) is 70.8 cm³/mol. The lowest BCUT2D eigenvalue weighted by Crippen LogP contribution is -2.57. The summed E-state index contributed by atoms with van der Waals surface area (Å²) in [7, 11) is 1.72. The number of carboxylic acids is 1. The molecule has 0 aliphatic carbocycles. The minimum atomic E-state index is -0.697. The second kappa shape index (κ2) is 7.71. The normalized spacial score (nSPS) is 24.1. The van der Waals surface area contributed by atoms with Crippen LogP contribution in [0.3, 0.4) is 0 Å². The monoisotopic (exact) mass is 258 g/mol. The van der Waals surface area contributed by atoms with Gasteiger partial charge in [-0.3, -0.25) is 14.6 Å². The number of rotatable bonds is 7.